The maximum Gasteiger partial charge on any atom is 0.226 e. The molecule has 0 atom stereocenters. The highest BCUT2D eigenvalue weighted by Gasteiger charge is 2.42. The molecule has 2 fully saturated rings. The summed E-state index contributed by atoms with van der Waals surface area (Å²) in [4.78, 5) is 19.3. The Morgan fingerprint density at radius 2 is 1.80 bits per heavy atom. The number of piperidine rings is 1. The summed E-state index contributed by atoms with van der Waals surface area (Å²) in [7, 11) is 4.41. The van der Waals surface area contributed by atoms with Gasteiger partial charge in [-0.1, -0.05) is 19.1 Å². The van der Waals surface area contributed by atoms with Crippen molar-refractivity contribution in [3.63, 3.8) is 0 Å². The second kappa shape index (κ2) is 6.72. The van der Waals surface area contributed by atoms with E-state index in [0.29, 0.717) is 12.3 Å². The number of likely N-dealkylation sites (tertiary alicyclic amines) is 1. The van der Waals surface area contributed by atoms with Crippen molar-refractivity contribution in [3.05, 3.63) is 12.2 Å². The van der Waals surface area contributed by atoms with Gasteiger partial charge in [-0.05, 0) is 46.4 Å². The fraction of sp³-hybridized carbons (Fsp3) is 0.812. The molecule has 0 N–H and O–H groups in total. The van der Waals surface area contributed by atoms with Crippen molar-refractivity contribution < 1.29 is 4.79 Å². The van der Waals surface area contributed by atoms with E-state index in [1.165, 1.54) is 12.8 Å². The summed E-state index contributed by atoms with van der Waals surface area (Å²) in [5.41, 5.74) is 0.217. The van der Waals surface area contributed by atoms with Gasteiger partial charge in [-0.3, -0.25) is 9.69 Å². The predicted octanol–water partition coefficient (Wildman–Crippen LogP) is 1.58. The van der Waals surface area contributed by atoms with Crippen LogP contribution in [-0.4, -0.2) is 73.0 Å². The third-order valence-corrected chi connectivity index (χ3v) is 4.97. The van der Waals surface area contributed by atoms with Gasteiger partial charge in [-0.2, -0.15) is 0 Å². The Balaban J connectivity index is 1.97. The van der Waals surface area contributed by atoms with Crippen molar-refractivity contribution >= 4 is 5.91 Å². The molecule has 0 saturated carbocycles. The number of carbonyl (C=O) groups excluding carboxylic acids is 1. The SMILES string of the molecule is CC/C=C/CC(=O)N1CCN(C)C2(CCN(C)CC2)C1. The fourth-order valence-corrected chi connectivity index (χ4v) is 3.33. The second-order valence-corrected chi connectivity index (χ2v) is 6.35. The van der Waals surface area contributed by atoms with Crippen molar-refractivity contribution in [1.82, 2.24) is 14.7 Å². The number of hydrogen-bond acceptors (Lipinski definition) is 3. The first-order chi connectivity index (χ1) is 9.57. The monoisotopic (exact) mass is 279 g/mol. The van der Waals surface area contributed by atoms with Crippen molar-refractivity contribution in [2.24, 2.45) is 0 Å². The summed E-state index contributed by atoms with van der Waals surface area (Å²) in [6.45, 7) is 7.19. The standard InChI is InChI=1S/C16H29N3O/c1-4-5-6-7-15(20)19-13-12-18(3)16(14-19)8-10-17(2)11-9-16/h5-6H,4,7-14H2,1-3H3/b6-5+. The Morgan fingerprint density at radius 3 is 2.45 bits per heavy atom. The van der Waals surface area contributed by atoms with E-state index in [4.69, 9.17) is 0 Å². The van der Waals surface area contributed by atoms with Crippen LogP contribution in [0, 0.1) is 0 Å². The minimum atomic E-state index is 0.217. The van der Waals surface area contributed by atoms with Gasteiger partial charge in [0, 0.05) is 31.6 Å². The minimum absolute atomic E-state index is 0.217. The van der Waals surface area contributed by atoms with Crippen molar-refractivity contribution in [2.75, 3.05) is 46.8 Å². The molecule has 4 heteroatoms. The zero-order valence-corrected chi connectivity index (χ0v) is 13.3. The van der Waals surface area contributed by atoms with E-state index in [-0.39, 0.29) is 5.54 Å². The molecule has 2 aliphatic rings. The lowest BCUT2D eigenvalue weighted by Crippen LogP contribution is -2.64. The Kier molecular flexibility index (Phi) is 5.22. The first-order valence-electron chi connectivity index (χ1n) is 7.90. The quantitative estimate of drug-likeness (QED) is 0.734. The molecule has 20 heavy (non-hydrogen) atoms. The summed E-state index contributed by atoms with van der Waals surface area (Å²) >= 11 is 0. The molecule has 0 aliphatic carbocycles. The average molecular weight is 279 g/mol. The van der Waals surface area contributed by atoms with Crippen LogP contribution in [0.1, 0.15) is 32.6 Å². The zero-order chi connectivity index (χ0) is 14.6. The van der Waals surface area contributed by atoms with E-state index >= 15 is 0 Å². The van der Waals surface area contributed by atoms with Gasteiger partial charge in [0.25, 0.3) is 0 Å². The Hall–Kier alpha value is -0.870. The number of carbonyl (C=O) groups is 1. The van der Waals surface area contributed by atoms with Gasteiger partial charge in [0.1, 0.15) is 0 Å². The molecule has 0 radical (unpaired) electrons. The smallest absolute Gasteiger partial charge is 0.226 e. The van der Waals surface area contributed by atoms with Crippen molar-refractivity contribution in [2.45, 2.75) is 38.1 Å². The lowest BCUT2D eigenvalue weighted by molar-refractivity contribution is -0.137. The van der Waals surface area contributed by atoms with Crippen LogP contribution in [0.2, 0.25) is 0 Å². The highest BCUT2D eigenvalue weighted by atomic mass is 16.2. The third-order valence-electron chi connectivity index (χ3n) is 4.97. The van der Waals surface area contributed by atoms with E-state index in [0.717, 1.165) is 39.1 Å². The fourth-order valence-electron chi connectivity index (χ4n) is 3.33. The predicted molar refractivity (Wildman–Crippen MR) is 82.7 cm³/mol. The van der Waals surface area contributed by atoms with Gasteiger partial charge in [0.15, 0.2) is 0 Å². The van der Waals surface area contributed by atoms with Gasteiger partial charge < -0.3 is 9.80 Å². The molecule has 0 aromatic rings. The maximum absolute atomic E-state index is 12.3. The number of rotatable bonds is 3. The van der Waals surface area contributed by atoms with Crippen LogP contribution >= 0.6 is 0 Å². The van der Waals surface area contributed by atoms with E-state index in [1.807, 2.05) is 6.08 Å². The molecule has 4 nitrogen and oxygen atoms in total. The molecule has 2 rings (SSSR count). The highest BCUT2D eigenvalue weighted by Crippen LogP contribution is 2.31. The molecule has 2 saturated heterocycles. The van der Waals surface area contributed by atoms with Gasteiger partial charge in [-0.25, -0.2) is 0 Å². The van der Waals surface area contributed by atoms with Crippen LogP contribution in [-0.2, 0) is 4.79 Å². The van der Waals surface area contributed by atoms with Crippen LogP contribution < -0.4 is 0 Å². The summed E-state index contributed by atoms with van der Waals surface area (Å²) in [5.74, 6) is 0.293. The lowest BCUT2D eigenvalue weighted by atomic mass is 9.84. The number of amides is 1. The van der Waals surface area contributed by atoms with Crippen LogP contribution in [0.4, 0.5) is 0 Å². The lowest BCUT2D eigenvalue weighted by Gasteiger charge is -2.52. The molecule has 0 unspecified atom stereocenters. The molecule has 0 aromatic heterocycles. The van der Waals surface area contributed by atoms with Crippen LogP contribution in [0.15, 0.2) is 12.2 Å². The summed E-state index contributed by atoms with van der Waals surface area (Å²) < 4.78 is 0. The maximum atomic E-state index is 12.3. The summed E-state index contributed by atoms with van der Waals surface area (Å²) in [5, 5.41) is 0. The van der Waals surface area contributed by atoms with E-state index in [1.54, 1.807) is 0 Å². The molecule has 1 spiro atoms. The number of likely N-dealkylation sites (N-methyl/N-ethyl adjacent to an activating group) is 1. The Bertz CT molecular complexity index is 359. The molecule has 2 heterocycles. The van der Waals surface area contributed by atoms with E-state index in [2.05, 4.69) is 41.8 Å². The largest absolute Gasteiger partial charge is 0.339 e. The number of nitrogens with zero attached hydrogens (tertiary/aromatic N) is 3. The van der Waals surface area contributed by atoms with Gasteiger partial charge in [-0.15, -0.1) is 0 Å². The molecular weight excluding hydrogens is 250 g/mol. The molecule has 0 aromatic carbocycles. The van der Waals surface area contributed by atoms with Gasteiger partial charge >= 0.3 is 0 Å². The van der Waals surface area contributed by atoms with E-state index < -0.39 is 0 Å². The van der Waals surface area contributed by atoms with Crippen LogP contribution in [0.25, 0.3) is 0 Å². The number of allylic oxidation sites excluding steroid dienone is 1. The van der Waals surface area contributed by atoms with E-state index in [9.17, 15) is 4.79 Å². The Labute approximate surface area is 123 Å². The summed E-state index contributed by atoms with van der Waals surface area (Å²) in [6.07, 6.45) is 8.02. The molecule has 114 valence electrons. The summed E-state index contributed by atoms with van der Waals surface area (Å²) in [6, 6.07) is 0. The molecule has 0 bridgehead atoms. The van der Waals surface area contributed by atoms with Crippen molar-refractivity contribution in [3.8, 4) is 0 Å². The highest BCUT2D eigenvalue weighted by molar-refractivity contribution is 5.78. The average Bonchev–Trinajstić information content (AvgIpc) is 2.45. The molecular formula is C16H29N3O. The Morgan fingerprint density at radius 1 is 1.10 bits per heavy atom. The number of piperazine rings is 1. The first-order valence-corrected chi connectivity index (χ1v) is 7.90. The van der Waals surface area contributed by atoms with Gasteiger partial charge in [0.2, 0.25) is 5.91 Å². The topological polar surface area (TPSA) is 26.8 Å². The molecule has 2 aliphatic heterocycles. The third kappa shape index (κ3) is 3.41. The number of hydrogen-bond donors (Lipinski definition) is 0. The first kappa shape index (κ1) is 15.5. The van der Waals surface area contributed by atoms with Crippen LogP contribution in [0.3, 0.4) is 0 Å². The van der Waals surface area contributed by atoms with Crippen molar-refractivity contribution in [1.29, 1.82) is 0 Å². The minimum Gasteiger partial charge on any atom is -0.339 e. The zero-order valence-electron chi connectivity index (χ0n) is 13.3. The van der Waals surface area contributed by atoms with Crippen LogP contribution in [0.5, 0.6) is 0 Å². The molecule has 1 amide bonds. The van der Waals surface area contributed by atoms with Gasteiger partial charge in [0.05, 0.1) is 0 Å². The second-order valence-electron chi connectivity index (χ2n) is 6.35. The normalized spacial score (nSPS) is 24.6.